The molecule has 11 heteroatoms. The third-order valence-corrected chi connectivity index (χ3v) is 7.84. The van der Waals surface area contributed by atoms with E-state index >= 15 is 0 Å². The van der Waals surface area contributed by atoms with Gasteiger partial charge in [-0.25, -0.2) is 9.78 Å². The Kier molecular flexibility index (Phi) is 7.44. The highest BCUT2D eigenvalue weighted by atomic mass is 32.3. The maximum atomic E-state index is 12.6. The second kappa shape index (κ2) is 10.5. The van der Waals surface area contributed by atoms with Crippen LogP contribution in [0.25, 0.3) is 0 Å². The van der Waals surface area contributed by atoms with E-state index in [0.29, 0.717) is 62.9 Å². The van der Waals surface area contributed by atoms with Gasteiger partial charge in [-0.3, -0.25) is 13.9 Å². The minimum atomic E-state index is -2.43. The first kappa shape index (κ1) is 24.1. The predicted molar refractivity (Wildman–Crippen MR) is 133 cm³/mol. The van der Waals surface area contributed by atoms with E-state index in [-0.39, 0.29) is 12.0 Å². The SMILES string of the molecule is COC(=O)N1CCN(c2ccc(C(=O)NCc3ccc(N4CCS(O)(O)CC4)nc3)cc2)CC1. The number of aromatic nitrogens is 1. The van der Waals surface area contributed by atoms with Gasteiger partial charge >= 0.3 is 6.09 Å². The highest BCUT2D eigenvalue weighted by Gasteiger charge is 2.23. The van der Waals surface area contributed by atoms with Gasteiger partial charge in [-0.15, -0.1) is 0 Å². The molecule has 2 aromatic rings. The monoisotopic (exact) mass is 489 g/mol. The first-order valence-electron chi connectivity index (χ1n) is 11.2. The fourth-order valence-corrected chi connectivity index (χ4v) is 5.28. The summed E-state index contributed by atoms with van der Waals surface area (Å²) in [4.78, 5) is 34.6. The third kappa shape index (κ3) is 5.91. The second-order valence-corrected chi connectivity index (χ2v) is 10.8. The Morgan fingerprint density at radius 1 is 0.971 bits per heavy atom. The topological polar surface area (TPSA) is 118 Å². The maximum Gasteiger partial charge on any atom is 0.409 e. The van der Waals surface area contributed by atoms with Gasteiger partial charge in [0.05, 0.1) is 18.6 Å². The van der Waals surface area contributed by atoms with Crippen LogP contribution in [0, 0.1) is 0 Å². The van der Waals surface area contributed by atoms with Gasteiger partial charge in [0.1, 0.15) is 5.82 Å². The van der Waals surface area contributed by atoms with Crippen LogP contribution in [-0.2, 0) is 11.3 Å². The molecule has 10 nitrogen and oxygen atoms in total. The quantitative estimate of drug-likeness (QED) is 0.586. The molecule has 0 radical (unpaired) electrons. The number of benzene rings is 1. The van der Waals surface area contributed by atoms with Crippen LogP contribution in [0.5, 0.6) is 0 Å². The van der Waals surface area contributed by atoms with Crippen molar-refractivity contribution in [2.45, 2.75) is 6.54 Å². The standard InChI is InChI=1S/C23H31N5O5S/c1-33-23(30)28-10-8-26(9-11-28)20-5-3-19(4-6-20)22(29)25-17-18-2-7-21(24-16-18)27-12-14-34(31,32)15-13-27/h2-7,16,31-32H,8-15,17H2,1H3,(H,25,29). The molecule has 2 aliphatic heterocycles. The van der Waals surface area contributed by atoms with E-state index in [2.05, 4.69) is 15.2 Å². The van der Waals surface area contributed by atoms with E-state index in [1.165, 1.54) is 7.11 Å². The number of pyridine rings is 1. The lowest BCUT2D eigenvalue weighted by Crippen LogP contribution is -2.48. The molecule has 34 heavy (non-hydrogen) atoms. The number of hydrogen-bond donors (Lipinski definition) is 3. The fraction of sp³-hybridized carbons (Fsp3) is 0.435. The van der Waals surface area contributed by atoms with Crippen LogP contribution in [0.3, 0.4) is 0 Å². The minimum Gasteiger partial charge on any atom is -0.453 e. The molecule has 3 heterocycles. The lowest BCUT2D eigenvalue weighted by atomic mass is 10.1. The van der Waals surface area contributed by atoms with Crippen molar-refractivity contribution in [1.29, 1.82) is 0 Å². The van der Waals surface area contributed by atoms with Gasteiger partial charge in [-0.05, 0) is 35.9 Å². The van der Waals surface area contributed by atoms with Gasteiger partial charge in [0.2, 0.25) is 0 Å². The zero-order chi connectivity index (χ0) is 24.1. The summed E-state index contributed by atoms with van der Waals surface area (Å²) in [5, 5.41) is 2.92. The van der Waals surface area contributed by atoms with Crippen LogP contribution in [0.15, 0.2) is 42.6 Å². The average Bonchev–Trinajstić information content (AvgIpc) is 2.87. The number of hydrogen-bond acceptors (Lipinski definition) is 8. The molecule has 184 valence electrons. The van der Waals surface area contributed by atoms with Crippen molar-refractivity contribution >= 4 is 34.1 Å². The van der Waals surface area contributed by atoms with Gasteiger partial charge in [-0.2, -0.15) is 10.6 Å². The van der Waals surface area contributed by atoms with Crippen molar-refractivity contribution in [3.05, 3.63) is 53.7 Å². The smallest absolute Gasteiger partial charge is 0.409 e. The number of carbonyl (C=O) groups is 2. The van der Waals surface area contributed by atoms with Crippen LogP contribution < -0.4 is 15.1 Å². The van der Waals surface area contributed by atoms with Crippen molar-refractivity contribution in [1.82, 2.24) is 15.2 Å². The summed E-state index contributed by atoms with van der Waals surface area (Å²) in [5.74, 6) is 1.38. The molecule has 2 amide bonds. The number of rotatable bonds is 5. The highest BCUT2D eigenvalue weighted by molar-refractivity contribution is 8.24. The number of methoxy groups -OCH3 is 1. The molecule has 2 aliphatic rings. The maximum absolute atomic E-state index is 12.6. The molecule has 0 saturated carbocycles. The molecule has 0 aliphatic carbocycles. The lowest BCUT2D eigenvalue weighted by molar-refractivity contribution is 0.0950. The van der Waals surface area contributed by atoms with Gasteiger partial charge in [0.15, 0.2) is 0 Å². The summed E-state index contributed by atoms with van der Waals surface area (Å²) < 4.78 is 24.3. The summed E-state index contributed by atoms with van der Waals surface area (Å²) in [5.41, 5.74) is 2.48. The summed E-state index contributed by atoms with van der Waals surface area (Å²) in [7, 11) is -1.04. The molecule has 0 atom stereocenters. The van der Waals surface area contributed by atoms with Gasteiger partial charge in [0.25, 0.3) is 5.91 Å². The van der Waals surface area contributed by atoms with Gasteiger partial charge in [-0.1, -0.05) is 6.07 Å². The Hall–Kier alpha value is -3.02. The van der Waals surface area contributed by atoms with E-state index in [0.717, 1.165) is 17.1 Å². The number of carbonyl (C=O) groups excluding carboxylic acids is 2. The fourth-order valence-electron chi connectivity index (χ4n) is 4.05. The molecule has 0 unspecified atom stereocenters. The molecule has 2 fully saturated rings. The Morgan fingerprint density at radius 2 is 1.65 bits per heavy atom. The number of nitrogens with one attached hydrogen (secondary N) is 1. The summed E-state index contributed by atoms with van der Waals surface area (Å²) >= 11 is 0. The molecule has 1 aromatic heterocycles. The molecule has 2 saturated heterocycles. The first-order chi connectivity index (χ1) is 16.3. The van der Waals surface area contributed by atoms with Crippen molar-refractivity contribution in [2.24, 2.45) is 0 Å². The van der Waals surface area contributed by atoms with Crippen LogP contribution in [0.4, 0.5) is 16.3 Å². The zero-order valence-electron chi connectivity index (χ0n) is 19.2. The van der Waals surface area contributed by atoms with Crippen LogP contribution >= 0.6 is 10.6 Å². The number of piperazine rings is 1. The third-order valence-electron chi connectivity index (χ3n) is 6.17. The summed E-state index contributed by atoms with van der Waals surface area (Å²) in [6, 6.07) is 11.3. The molecule has 4 rings (SSSR count). The molecular formula is C23H31N5O5S. The Morgan fingerprint density at radius 3 is 2.24 bits per heavy atom. The largest absolute Gasteiger partial charge is 0.453 e. The number of amides is 2. The van der Waals surface area contributed by atoms with Crippen molar-refractivity contribution in [3.63, 3.8) is 0 Å². The Balaban J connectivity index is 1.25. The number of anilines is 2. The minimum absolute atomic E-state index is 0.160. The molecular weight excluding hydrogens is 458 g/mol. The Labute approximate surface area is 200 Å². The molecule has 1 aromatic carbocycles. The number of ether oxygens (including phenoxy) is 1. The molecule has 0 bridgehead atoms. The average molecular weight is 490 g/mol. The van der Waals surface area contributed by atoms with E-state index < -0.39 is 10.6 Å². The van der Waals surface area contributed by atoms with E-state index in [9.17, 15) is 18.7 Å². The van der Waals surface area contributed by atoms with Crippen LogP contribution in [0.1, 0.15) is 15.9 Å². The van der Waals surface area contributed by atoms with Crippen molar-refractivity contribution in [3.8, 4) is 0 Å². The van der Waals surface area contributed by atoms with Crippen LogP contribution in [0.2, 0.25) is 0 Å². The van der Waals surface area contributed by atoms with E-state index in [1.54, 1.807) is 23.2 Å². The zero-order valence-corrected chi connectivity index (χ0v) is 20.0. The molecule has 0 spiro atoms. The van der Waals surface area contributed by atoms with E-state index in [1.807, 2.05) is 29.2 Å². The second-order valence-electron chi connectivity index (χ2n) is 8.40. The van der Waals surface area contributed by atoms with Crippen LogP contribution in [-0.4, -0.2) is 88.9 Å². The van der Waals surface area contributed by atoms with Gasteiger partial charge in [0, 0.05) is 63.3 Å². The molecule has 3 N–H and O–H groups in total. The summed E-state index contributed by atoms with van der Waals surface area (Å²) in [6.07, 6.45) is 1.43. The predicted octanol–water partition coefficient (Wildman–Crippen LogP) is 2.47. The van der Waals surface area contributed by atoms with Crippen molar-refractivity contribution in [2.75, 3.05) is 67.7 Å². The number of nitrogens with zero attached hydrogens (tertiary/aromatic N) is 4. The lowest BCUT2D eigenvalue weighted by Gasteiger charge is -2.41. The Bertz CT molecular complexity index is 984. The normalized spacial score (nSPS) is 18.9. The van der Waals surface area contributed by atoms with E-state index in [4.69, 9.17) is 4.74 Å². The highest BCUT2D eigenvalue weighted by Crippen LogP contribution is 2.40. The first-order valence-corrected chi connectivity index (χ1v) is 13.1. The van der Waals surface area contributed by atoms with Crippen molar-refractivity contribution < 1.29 is 23.4 Å². The van der Waals surface area contributed by atoms with Gasteiger partial charge < -0.3 is 24.8 Å². The summed E-state index contributed by atoms with van der Waals surface area (Å²) in [6.45, 7) is 4.13.